The lowest BCUT2D eigenvalue weighted by atomic mass is 10.1. The van der Waals surface area contributed by atoms with E-state index in [1.807, 2.05) is 18.2 Å². The average molecular weight is 203 g/mol. The molecule has 1 aliphatic rings. The summed E-state index contributed by atoms with van der Waals surface area (Å²) in [5, 5.41) is 0. The fraction of sp³-hybridized carbons (Fsp3) is 0.364. The number of hydrogen-bond acceptors (Lipinski definition) is 3. The van der Waals surface area contributed by atoms with Crippen molar-refractivity contribution >= 4 is 16.7 Å². The molecule has 3 rings (SSSR count). The Morgan fingerprint density at radius 3 is 3.20 bits per heavy atom. The molecule has 0 radical (unpaired) electrons. The fourth-order valence-corrected chi connectivity index (χ4v) is 1.99. The third-order valence-electron chi connectivity index (χ3n) is 2.84. The van der Waals surface area contributed by atoms with Gasteiger partial charge in [0.1, 0.15) is 5.82 Å². The first-order valence-electron chi connectivity index (χ1n) is 5.16. The number of nitrogen functional groups attached to an aromatic ring is 1. The molecule has 1 aliphatic heterocycles. The molecule has 3 N–H and O–H groups in total. The standard InChI is InChI=1S/C11H13N3O/c12-8-1-2-9-10(5-8)14-11(13-9)7-3-4-15-6-7/h1-2,5,7H,3-4,6,12H2,(H,13,14). The van der Waals surface area contributed by atoms with Crippen molar-refractivity contribution in [1.82, 2.24) is 9.97 Å². The van der Waals surface area contributed by atoms with Gasteiger partial charge >= 0.3 is 0 Å². The molecule has 2 aromatic rings. The third kappa shape index (κ3) is 1.47. The highest BCUT2D eigenvalue weighted by atomic mass is 16.5. The van der Waals surface area contributed by atoms with Crippen LogP contribution < -0.4 is 5.73 Å². The Bertz CT molecular complexity index is 486. The van der Waals surface area contributed by atoms with Gasteiger partial charge in [0.2, 0.25) is 0 Å². The van der Waals surface area contributed by atoms with Crippen LogP contribution >= 0.6 is 0 Å². The van der Waals surface area contributed by atoms with Crippen LogP contribution in [0.4, 0.5) is 5.69 Å². The van der Waals surface area contributed by atoms with Gasteiger partial charge in [0, 0.05) is 18.2 Å². The Balaban J connectivity index is 2.05. The van der Waals surface area contributed by atoms with Crippen molar-refractivity contribution in [2.75, 3.05) is 18.9 Å². The summed E-state index contributed by atoms with van der Waals surface area (Å²) in [5.74, 6) is 1.44. The first-order chi connectivity index (χ1) is 7.33. The van der Waals surface area contributed by atoms with Gasteiger partial charge in [-0.2, -0.15) is 0 Å². The Hall–Kier alpha value is -1.55. The second-order valence-corrected chi connectivity index (χ2v) is 3.96. The first kappa shape index (κ1) is 8.73. The Labute approximate surface area is 87.4 Å². The summed E-state index contributed by atoms with van der Waals surface area (Å²) < 4.78 is 5.35. The van der Waals surface area contributed by atoms with Crippen molar-refractivity contribution in [3.63, 3.8) is 0 Å². The van der Waals surface area contributed by atoms with Crippen molar-refractivity contribution < 1.29 is 4.74 Å². The van der Waals surface area contributed by atoms with Gasteiger partial charge in [-0.05, 0) is 24.6 Å². The molecule has 1 atom stereocenters. The number of fused-ring (bicyclic) bond motifs is 1. The van der Waals surface area contributed by atoms with Gasteiger partial charge in [0.25, 0.3) is 0 Å². The van der Waals surface area contributed by atoms with Gasteiger partial charge in [0.05, 0.1) is 17.6 Å². The normalized spacial score (nSPS) is 21.2. The number of H-pyrrole nitrogens is 1. The maximum Gasteiger partial charge on any atom is 0.112 e. The van der Waals surface area contributed by atoms with E-state index in [1.165, 1.54) is 0 Å². The molecule has 1 saturated heterocycles. The maximum atomic E-state index is 5.71. The van der Waals surface area contributed by atoms with E-state index in [2.05, 4.69) is 9.97 Å². The van der Waals surface area contributed by atoms with Crippen LogP contribution in [-0.2, 0) is 4.74 Å². The number of hydrogen-bond donors (Lipinski definition) is 2. The second kappa shape index (κ2) is 3.24. The first-order valence-corrected chi connectivity index (χ1v) is 5.16. The molecule has 0 amide bonds. The Morgan fingerprint density at radius 2 is 2.40 bits per heavy atom. The lowest BCUT2D eigenvalue weighted by molar-refractivity contribution is 0.193. The van der Waals surface area contributed by atoms with Gasteiger partial charge in [-0.15, -0.1) is 0 Å². The van der Waals surface area contributed by atoms with Crippen molar-refractivity contribution in [3.05, 3.63) is 24.0 Å². The molecule has 0 saturated carbocycles. The van der Waals surface area contributed by atoms with Crippen LogP contribution in [0.25, 0.3) is 11.0 Å². The molecule has 15 heavy (non-hydrogen) atoms. The van der Waals surface area contributed by atoms with Gasteiger partial charge in [0.15, 0.2) is 0 Å². The van der Waals surface area contributed by atoms with Gasteiger partial charge < -0.3 is 15.5 Å². The molecule has 78 valence electrons. The van der Waals surface area contributed by atoms with Gasteiger partial charge in [-0.25, -0.2) is 4.98 Å². The topological polar surface area (TPSA) is 63.9 Å². The average Bonchev–Trinajstić information content (AvgIpc) is 2.84. The van der Waals surface area contributed by atoms with Crippen molar-refractivity contribution in [1.29, 1.82) is 0 Å². The number of ether oxygens (including phenoxy) is 1. The Morgan fingerprint density at radius 1 is 1.47 bits per heavy atom. The van der Waals surface area contributed by atoms with E-state index in [-0.39, 0.29) is 0 Å². The van der Waals surface area contributed by atoms with E-state index in [1.54, 1.807) is 0 Å². The van der Waals surface area contributed by atoms with Crippen molar-refractivity contribution in [2.45, 2.75) is 12.3 Å². The van der Waals surface area contributed by atoms with Gasteiger partial charge in [-0.1, -0.05) is 0 Å². The van der Waals surface area contributed by atoms with Crippen LogP contribution in [0.1, 0.15) is 18.2 Å². The fourth-order valence-electron chi connectivity index (χ4n) is 1.99. The zero-order valence-electron chi connectivity index (χ0n) is 8.36. The minimum atomic E-state index is 0.415. The minimum absolute atomic E-state index is 0.415. The predicted molar refractivity (Wildman–Crippen MR) is 58.7 cm³/mol. The molecule has 1 unspecified atom stereocenters. The quantitative estimate of drug-likeness (QED) is 0.692. The van der Waals surface area contributed by atoms with Crippen LogP contribution in [0.5, 0.6) is 0 Å². The van der Waals surface area contributed by atoms with E-state index in [0.717, 1.165) is 42.2 Å². The molecule has 4 heteroatoms. The summed E-state index contributed by atoms with van der Waals surface area (Å²) in [5.41, 5.74) is 8.47. The van der Waals surface area contributed by atoms with Crippen molar-refractivity contribution in [3.8, 4) is 0 Å². The molecular formula is C11H13N3O. The lowest BCUT2D eigenvalue weighted by Gasteiger charge is -2.00. The summed E-state index contributed by atoms with van der Waals surface area (Å²) in [4.78, 5) is 7.85. The van der Waals surface area contributed by atoms with Crippen LogP contribution in [0.2, 0.25) is 0 Å². The molecule has 4 nitrogen and oxygen atoms in total. The van der Waals surface area contributed by atoms with Crippen LogP contribution in [0.3, 0.4) is 0 Å². The molecule has 2 heterocycles. The molecule has 1 aromatic heterocycles. The number of nitrogens with zero attached hydrogens (tertiary/aromatic N) is 1. The summed E-state index contributed by atoms with van der Waals surface area (Å²) in [6, 6.07) is 5.74. The molecule has 1 fully saturated rings. The maximum absolute atomic E-state index is 5.71. The van der Waals surface area contributed by atoms with E-state index >= 15 is 0 Å². The number of rotatable bonds is 1. The monoisotopic (exact) mass is 203 g/mol. The van der Waals surface area contributed by atoms with Crippen LogP contribution in [0, 0.1) is 0 Å². The number of nitrogens with two attached hydrogens (primary N) is 1. The smallest absolute Gasteiger partial charge is 0.112 e. The highest BCUT2D eigenvalue weighted by Crippen LogP contribution is 2.25. The van der Waals surface area contributed by atoms with Crippen molar-refractivity contribution in [2.24, 2.45) is 0 Å². The third-order valence-corrected chi connectivity index (χ3v) is 2.84. The highest BCUT2D eigenvalue weighted by Gasteiger charge is 2.20. The number of anilines is 1. The van der Waals surface area contributed by atoms with Crippen LogP contribution in [-0.4, -0.2) is 23.2 Å². The lowest BCUT2D eigenvalue weighted by Crippen LogP contribution is -1.99. The number of nitrogens with one attached hydrogen (secondary N) is 1. The number of imidazole rings is 1. The second-order valence-electron chi connectivity index (χ2n) is 3.96. The minimum Gasteiger partial charge on any atom is -0.399 e. The predicted octanol–water partition coefficient (Wildman–Crippen LogP) is 1.65. The zero-order valence-corrected chi connectivity index (χ0v) is 8.36. The van der Waals surface area contributed by atoms with E-state index < -0.39 is 0 Å². The largest absolute Gasteiger partial charge is 0.399 e. The summed E-state index contributed by atoms with van der Waals surface area (Å²) in [6.07, 6.45) is 1.05. The molecular weight excluding hydrogens is 190 g/mol. The van der Waals surface area contributed by atoms with Crippen LogP contribution in [0.15, 0.2) is 18.2 Å². The number of benzene rings is 1. The van der Waals surface area contributed by atoms with E-state index in [9.17, 15) is 0 Å². The Kier molecular flexibility index (Phi) is 1.89. The molecule has 1 aromatic carbocycles. The SMILES string of the molecule is Nc1ccc2nc(C3CCOC3)[nH]c2c1. The molecule has 0 aliphatic carbocycles. The summed E-state index contributed by atoms with van der Waals surface area (Å²) in [6.45, 7) is 1.61. The molecule has 0 spiro atoms. The highest BCUT2D eigenvalue weighted by molar-refractivity contribution is 5.78. The van der Waals surface area contributed by atoms with E-state index in [0.29, 0.717) is 5.92 Å². The molecule has 0 bridgehead atoms. The summed E-state index contributed by atoms with van der Waals surface area (Å²) in [7, 11) is 0. The summed E-state index contributed by atoms with van der Waals surface area (Å²) >= 11 is 0. The van der Waals surface area contributed by atoms with E-state index in [4.69, 9.17) is 10.5 Å². The number of aromatic nitrogens is 2. The zero-order chi connectivity index (χ0) is 10.3. The van der Waals surface area contributed by atoms with Gasteiger partial charge in [-0.3, -0.25) is 0 Å². The number of aromatic amines is 1.